The maximum Gasteiger partial charge on any atom is 0.243 e. The van der Waals surface area contributed by atoms with E-state index in [1.54, 1.807) is 19.9 Å². The Balaban J connectivity index is 2.46. The zero-order valence-electron chi connectivity index (χ0n) is 11.1. The van der Waals surface area contributed by atoms with Gasteiger partial charge in [-0.15, -0.1) is 0 Å². The molecule has 0 aliphatic carbocycles. The van der Waals surface area contributed by atoms with E-state index in [0.29, 0.717) is 0 Å². The predicted octanol–water partition coefficient (Wildman–Crippen LogP) is 1.69. The summed E-state index contributed by atoms with van der Waals surface area (Å²) >= 11 is 0. The van der Waals surface area contributed by atoms with Gasteiger partial charge in [-0.1, -0.05) is 30.3 Å². The molecule has 2 rings (SSSR count). The summed E-state index contributed by atoms with van der Waals surface area (Å²) in [5.41, 5.74) is -0.156. The lowest BCUT2D eigenvalue weighted by atomic mass is 10.1. The number of nitrogens with one attached hydrogen (secondary N) is 1. The van der Waals surface area contributed by atoms with Crippen molar-refractivity contribution in [2.45, 2.75) is 25.9 Å². The van der Waals surface area contributed by atoms with Crippen molar-refractivity contribution in [1.29, 1.82) is 0 Å². The Labute approximate surface area is 113 Å². The molecule has 1 aliphatic rings. The van der Waals surface area contributed by atoms with E-state index in [0.717, 1.165) is 5.56 Å². The number of rotatable bonds is 2. The van der Waals surface area contributed by atoms with Gasteiger partial charge in [0.15, 0.2) is 0 Å². The Bertz CT molecular complexity index is 578. The molecule has 5 nitrogen and oxygen atoms in total. The molecule has 0 amide bonds. The molecule has 19 heavy (non-hydrogen) atoms. The van der Waals surface area contributed by atoms with Crippen molar-refractivity contribution < 1.29 is 17.9 Å². The third-order valence-electron chi connectivity index (χ3n) is 2.85. The largest absolute Gasteiger partial charge is 0.342 e. The minimum absolute atomic E-state index is 0.180. The van der Waals surface area contributed by atoms with Gasteiger partial charge in [0.1, 0.15) is 5.60 Å². The second-order valence-corrected chi connectivity index (χ2v) is 6.42. The standard InChI is InChI=1S/C13H17NO4S/c1-13(2)11(9-10-7-5-4-6-8-10)19(15,16)14-12(17-3)18-13/h4-9,12,14H,1-3H3/b11-9+. The number of sulfonamides is 1. The van der Waals surface area contributed by atoms with Crippen LogP contribution in [-0.2, 0) is 19.5 Å². The fraction of sp³-hybridized carbons (Fsp3) is 0.385. The van der Waals surface area contributed by atoms with Crippen molar-refractivity contribution in [2.24, 2.45) is 0 Å². The molecule has 0 aromatic heterocycles. The molecule has 0 spiro atoms. The van der Waals surface area contributed by atoms with Gasteiger partial charge in [0.2, 0.25) is 16.4 Å². The van der Waals surface area contributed by atoms with Crippen LogP contribution in [-0.4, -0.2) is 27.5 Å². The van der Waals surface area contributed by atoms with Crippen LogP contribution in [0.25, 0.3) is 6.08 Å². The van der Waals surface area contributed by atoms with Gasteiger partial charge >= 0.3 is 0 Å². The summed E-state index contributed by atoms with van der Waals surface area (Å²) in [7, 11) is -2.25. The first-order valence-electron chi connectivity index (χ1n) is 5.85. The zero-order chi connectivity index (χ0) is 14.1. The van der Waals surface area contributed by atoms with E-state index in [1.807, 2.05) is 30.3 Å². The smallest absolute Gasteiger partial charge is 0.243 e. The van der Waals surface area contributed by atoms with Gasteiger partial charge in [-0.2, -0.15) is 4.72 Å². The van der Waals surface area contributed by atoms with Crippen LogP contribution in [0, 0.1) is 0 Å². The molecule has 1 aliphatic heterocycles. The lowest BCUT2D eigenvalue weighted by Gasteiger charge is -2.37. The zero-order valence-corrected chi connectivity index (χ0v) is 11.9. The molecule has 1 aromatic carbocycles. The summed E-state index contributed by atoms with van der Waals surface area (Å²) in [5, 5.41) is 0. The van der Waals surface area contributed by atoms with Crippen molar-refractivity contribution in [3.8, 4) is 0 Å². The van der Waals surface area contributed by atoms with E-state index in [9.17, 15) is 8.42 Å². The Morgan fingerprint density at radius 3 is 2.47 bits per heavy atom. The fourth-order valence-electron chi connectivity index (χ4n) is 1.91. The number of methoxy groups -OCH3 is 1. The number of hydrogen-bond acceptors (Lipinski definition) is 4. The van der Waals surface area contributed by atoms with E-state index in [2.05, 4.69) is 4.72 Å². The van der Waals surface area contributed by atoms with E-state index >= 15 is 0 Å². The first-order chi connectivity index (χ1) is 8.85. The molecular weight excluding hydrogens is 266 g/mol. The quantitative estimate of drug-likeness (QED) is 0.897. The Morgan fingerprint density at radius 2 is 1.95 bits per heavy atom. The van der Waals surface area contributed by atoms with Crippen LogP contribution in [0.5, 0.6) is 0 Å². The number of hydrogen-bond donors (Lipinski definition) is 1. The number of benzene rings is 1. The number of ether oxygens (including phenoxy) is 2. The van der Waals surface area contributed by atoms with Crippen LogP contribution in [0.3, 0.4) is 0 Å². The Morgan fingerprint density at radius 1 is 1.32 bits per heavy atom. The first-order valence-corrected chi connectivity index (χ1v) is 7.34. The third kappa shape index (κ3) is 3.03. The van der Waals surface area contributed by atoms with Crippen molar-refractivity contribution in [1.82, 2.24) is 4.72 Å². The van der Waals surface area contributed by atoms with Crippen LogP contribution < -0.4 is 4.72 Å². The molecule has 1 saturated heterocycles. The molecular formula is C13H17NO4S. The molecule has 0 saturated carbocycles. The van der Waals surface area contributed by atoms with Crippen molar-refractivity contribution in [3.63, 3.8) is 0 Å². The van der Waals surface area contributed by atoms with E-state index in [1.165, 1.54) is 7.11 Å². The second kappa shape index (κ2) is 5.05. The average Bonchev–Trinajstić information content (AvgIpc) is 2.34. The lowest BCUT2D eigenvalue weighted by molar-refractivity contribution is -0.184. The van der Waals surface area contributed by atoms with E-state index in [-0.39, 0.29) is 4.91 Å². The fourth-order valence-corrected chi connectivity index (χ4v) is 3.42. The summed E-state index contributed by atoms with van der Waals surface area (Å²) in [6.45, 7) is 3.40. The molecule has 1 unspecified atom stereocenters. The van der Waals surface area contributed by atoms with Crippen molar-refractivity contribution in [2.75, 3.05) is 7.11 Å². The van der Waals surface area contributed by atoms with Gasteiger partial charge in [0, 0.05) is 7.11 Å². The maximum absolute atomic E-state index is 12.2. The second-order valence-electron chi connectivity index (χ2n) is 4.74. The monoisotopic (exact) mass is 283 g/mol. The third-order valence-corrected chi connectivity index (χ3v) is 4.54. The lowest BCUT2D eigenvalue weighted by Crippen LogP contribution is -2.53. The minimum Gasteiger partial charge on any atom is -0.342 e. The van der Waals surface area contributed by atoms with E-state index < -0.39 is 22.0 Å². The highest BCUT2D eigenvalue weighted by molar-refractivity contribution is 7.93. The summed E-state index contributed by atoms with van der Waals surface area (Å²) in [5.74, 6) is 0. The molecule has 1 aromatic rings. The molecule has 6 heteroatoms. The minimum atomic E-state index is -3.63. The Hall–Kier alpha value is -1.21. The van der Waals surface area contributed by atoms with Gasteiger partial charge in [-0.05, 0) is 25.5 Å². The van der Waals surface area contributed by atoms with Crippen LogP contribution in [0.15, 0.2) is 35.2 Å². The van der Waals surface area contributed by atoms with E-state index in [4.69, 9.17) is 9.47 Å². The van der Waals surface area contributed by atoms with Gasteiger partial charge in [0.05, 0.1) is 4.91 Å². The molecule has 0 bridgehead atoms. The van der Waals surface area contributed by atoms with Gasteiger partial charge < -0.3 is 9.47 Å². The molecule has 104 valence electrons. The molecule has 0 radical (unpaired) electrons. The molecule has 1 fully saturated rings. The summed E-state index contributed by atoms with van der Waals surface area (Å²) in [6, 6.07) is 9.24. The molecule has 1 N–H and O–H groups in total. The highest BCUT2D eigenvalue weighted by Crippen LogP contribution is 2.32. The molecule has 1 heterocycles. The summed E-state index contributed by atoms with van der Waals surface area (Å²) in [6.07, 6.45) is 0.640. The van der Waals surface area contributed by atoms with Gasteiger partial charge in [-0.3, -0.25) is 0 Å². The SMILES string of the molecule is COC1NS(=O)(=O)/C(=C/c2ccccc2)C(C)(C)O1. The topological polar surface area (TPSA) is 64.6 Å². The summed E-state index contributed by atoms with van der Waals surface area (Å²) in [4.78, 5) is 0.180. The predicted molar refractivity (Wildman–Crippen MR) is 72.4 cm³/mol. The van der Waals surface area contributed by atoms with Crippen LogP contribution in [0.2, 0.25) is 0 Å². The first kappa shape index (κ1) is 14.2. The van der Waals surface area contributed by atoms with Crippen molar-refractivity contribution >= 4 is 16.1 Å². The van der Waals surface area contributed by atoms with Crippen LogP contribution in [0.4, 0.5) is 0 Å². The van der Waals surface area contributed by atoms with Crippen LogP contribution in [0.1, 0.15) is 19.4 Å². The maximum atomic E-state index is 12.2. The summed E-state index contributed by atoms with van der Waals surface area (Å²) < 4.78 is 37.3. The Kier molecular flexibility index (Phi) is 3.78. The highest BCUT2D eigenvalue weighted by atomic mass is 32.2. The van der Waals surface area contributed by atoms with Crippen molar-refractivity contribution in [3.05, 3.63) is 40.8 Å². The van der Waals surface area contributed by atoms with Gasteiger partial charge in [0.25, 0.3) is 0 Å². The average molecular weight is 283 g/mol. The highest BCUT2D eigenvalue weighted by Gasteiger charge is 2.42. The van der Waals surface area contributed by atoms with Gasteiger partial charge in [-0.25, -0.2) is 8.42 Å². The normalized spacial score (nSPS) is 27.3. The molecule has 1 atom stereocenters. The van der Waals surface area contributed by atoms with Crippen LogP contribution >= 0.6 is 0 Å².